The molecule has 1 fully saturated rings. The van der Waals surface area contributed by atoms with Gasteiger partial charge in [0.05, 0.1) is 5.92 Å². The minimum atomic E-state index is -0.258. The second kappa shape index (κ2) is 8.85. The number of rotatable bonds is 7. The highest BCUT2D eigenvalue weighted by molar-refractivity contribution is 6.00. The van der Waals surface area contributed by atoms with Gasteiger partial charge in [0, 0.05) is 25.2 Å². The number of aryl methyl sites for hydroxylation is 2. The van der Waals surface area contributed by atoms with Crippen molar-refractivity contribution in [1.29, 1.82) is 0 Å². The summed E-state index contributed by atoms with van der Waals surface area (Å²) in [5, 5.41) is 3.01. The first-order valence-corrected chi connectivity index (χ1v) is 9.74. The SMILES string of the molecule is Cc1cccc(N2C[C@@H](C(=O)NCCCCc3ccccc3)CC2=O)c1C. The highest BCUT2D eigenvalue weighted by Gasteiger charge is 2.35. The fraction of sp³-hybridized carbons (Fsp3) is 0.391. The molecule has 0 aliphatic carbocycles. The zero-order valence-electron chi connectivity index (χ0n) is 16.2. The number of amides is 2. The van der Waals surface area contributed by atoms with E-state index in [1.807, 2.05) is 38.1 Å². The summed E-state index contributed by atoms with van der Waals surface area (Å²) in [6.07, 6.45) is 3.31. The van der Waals surface area contributed by atoms with Crippen molar-refractivity contribution in [3.05, 3.63) is 65.2 Å². The van der Waals surface area contributed by atoms with Crippen LogP contribution in [0, 0.1) is 19.8 Å². The second-order valence-corrected chi connectivity index (χ2v) is 7.36. The Bertz CT molecular complexity index is 801. The highest BCUT2D eigenvalue weighted by atomic mass is 16.2. The van der Waals surface area contributed by atoms with Crippen LogP contribution in [0.1, 0.15) is 36.0 Å². The van der Waals surface area contributed by atoms with Crippen LogP contribution in [0.25, 0.3) is 0 Å². The smallest absolute Gasteiger partial charge is 0.227 e. The fourth-order valence-corrected chi connectivity index (χ4v) is 3.60. The molecule has 0 spiro atoms. The maximum Gasteiger partial charge on any atom is 0.227 e. The molecule has 1 aliphatic rings. The van der Waals surface area contributed by atoms with Crippen molar-refractivity contribution in [3.63, 3.8) is 0 Å². The maximum atomic E-state index is 12.5. The van der Waals surface area contributed by atoms with Crippen molar-refractivity contribution in [2.75, 3.05) is 18.0 Å². The lowest BCUT2D eigenvalue weighted by Gasteiger charge is -2.20. The molecule has 0 aromatic heterocycles. The molecule has 1 saturated heterocycles. The van der Waals surface area contributed by atoms with E-state index in [4.69, 9.17) is 0 Å². The summed E-state index contributed by atoms with van der Waals surface area (Å²) < 4.78 is 0. The molecule has 4 nitrogen and oxygen atoms in total. The van der Waals surface area contributed by atoms with Gasteiger partial charge in [0.2, 0.25) is 11.8 Å². The summed E-state index contributed by atoms with van der Waals surface area (Å²) in [5.74, 6) is -0.227. The molecule has 2 aromatic carbocycles. The van der Waals surface area contributed by atoms with Gasteiger partial charge in [-0.05, 0) is 55.9 Å². The lowest BCUT2D eigenvalue weighted by molar-refractivity contribution is -0.126. The molecular weight excluding hydrogens is 336 g/mol. The third kappa shape index (κ3) is 4.76. The quantitative estimate of drug-likeness (QED) is 0.760. The first kappa shape index (κ1) is 19.2. The average molecular weight is 364 g/mol. The Morgan fingerprint density at radius 2 is 1.85 bits per heavy atom. The summed E-state index contributed by atoms with van der Waals surface area (Å²) in [5.41, 5.74) is 4.52. The molecule has 0 bridgehead atoms. The number of unbranched alkanes of at least 4 members (excludes halogenated alkanes) is 1. The van der Waals surface area contributed by atoms with Gasteiger partial charge in [0.15, 0.2) is 0 Å². The molecule has 1 aliphatic heterocycles. The van der Waals surface area contributed by atoms with Gasteiger partial charge in [-0.2, -0.15) is 0 Å². The molecule has 1 N–H and O–H groups in total. The Balaban J connectivity index is 1.45. The number of nitrogens with one attached hydrogen (secondary N) is 1. The first-order valence-electron chi connectivity index (χ1n) is 9.74. The van der Waals surface area contributed by atoms with E-state index in [9.17, 15) is 9.59 Å². The third-order valence-corrected chi connectivity index (χ3v) is 5.40. The molecule has 1 heterocycles. The van der Waals surface area contributed by atoms with Crippen LogP contribution in [0.4, 0.5) is 5.69 Å². The summed E-state index contributed by atoms with van der Waals surface area (Å²) in [7, 11) is 0. The Morgan fingerprint density at radius 3 is 2.63 bits per heavy atom. The first-order chi connectivity index (χ1) is 13.1. The molecule has 1 atom stereocenters. The van der Waals surface area contributed by atoms with E-state index >= 15 is 0 Å². The largest absolute Gasteiger partial charge is 0.356 e. The van der Waals surface area contributed by atoms with Crippen LogP contribution < -0.4 is 10.2 Å². The van der Waals surface area contributed by atoms with E-state index < -0.39 is 0 Å². The number of benzene rings is 2. The molecule has 2 aromatic rings. The van der Waals surface area contributed by atoms with Gasteiger partial charge in [0.1, 0.15) is 0 Å². The molecule has 0 radical (unpaired) electrons. The Kier molecular flexibility index (Phi) is 6.28. The van der Waals surface area contributed by atoms with Crippen molar-refractivity contribution in [2.45, 2.75) is 39.5 Å². The summed E-state index contributed by atoms with van der Waals surface area (Å²) in [6.45, 7) is 5.20. The lowest BCUT2D eigenvalue weighted by Crippen LogP contribution is -2.33. The van der Waals surface area contributed by atoms with E-state index in [0.717, 1.165) is 36.1 Å². The van der Waals surface area contributed by atoms with Crippen LogP contribution in [-0.2, 0) is 16.0 Å². The van der Waals surface area contributed by atoms with Crippen molar-refractivity contribution in [2.24, 2.45) is 5.92 Å². The normalized spacial score (nSPS) is 16.6. The predicted molar refractivity (Wildman–Crippen MR) is 109 cm³/mol. The molecule has 27 heavy (non-hydrogen) atoms. The summed E-state index contributed by atoms with van der Waals surface area (Å²) in [6, 6.07) is 16.4. The zero-order chi connectivity index (χ0) is 19.2. The van der Waals surface area contributed by atoms with Crippen LogP contribution in [0.5, 0.6) is 0 Å². The van der Waals surface area contributed by atoms with E-state index in [2.05, 4.69) is 29.6 Å². The molecular formula is C23H28N2O2. The monoisotopic (exact) mass is 364 g/mol. The van der Waals surface area contributed by atoms with Crippen LogP contribution in [0.3, 0.4) is 0 Å². The Hall–Kier alpha value is -2.62. The number of anilines is 1. The Labute approximate surface area is 161 Å². The second-order valence-electron chi connectivity index (χ2n) is 7.36. The minimum Gasteiger partial charge on any atom is -0.356 e. The Morgan fingerprint density at radius 1 is 1.07 bits per heavy atom. The van der Waals surface area contributed by atoms with Gasteiger partial charge >= 0.3 is 0 Å². The number of carbonyl (C=O) groups excluding carboxylic acids is 2. The van der Waals surface area contributed by atoms with Crippen LogP contribution in [-0.4, -0.2) is 24.9 Å². The van der Waals surface area contributed by atoms with Crippen molar-refractivity contribution < 1.29 is 9.59 Å². The van der Waals surface area contributed by atoms with E-state index in [1.165, 1.54) is 5.56 Å². The molecule has 142 valence electrons. The zero-order valence-corrected chi connectivity index (χ0v) is 16.2. The van der Waals surface area contributed by atoms with Gasteiger partial charge in [-0.25, -0.2) is 0 Å². The lowest BCUT2D eigenvalue weighted by atomic mass is 10.1. The average Bonchev–Trinajstić information content (AvgIpc) is 3.06. The van der Waals surface area contributed by atoms with Gasteiger partial charge in [-0.1, -0.05) is 42.5 Å². The molecule has 2 amide bonds. The van der Waals surface area contributed by atoms with E-state index in [0.29, 0.717) is 19.5 Å². The molecule has 3 rings (SSSR count). The van der Waals surface area contributed by atoms with Crippen LogP contribution >= 0.6 is 0 Å². The summed E-state index contributed by atoms with van der Waals surface area (Å²) in [4.78, 5) is 26.7. The van der Waals surface area contributed by atoms with Crippen molar-refractivity contribution in [1.82, 2.24) is 5.32 Å². The number of hydrogen-bond donors (Lipinski definition) is 1. The predicted octanol–water partition coefficient (Wildman–Crippen LogP) is 3.80. The van der Waals surface area contributed by atoms with Crippen LogP contribution in [0.15, 0.2) is 48.5 Å². The highest BCUT2D eigenvalue weighted by Crippen LogP contribution is 2.29. The number of carbonyl (C=O) groups is 2. The van der Waals surface area contributed by atoms with Crippen molar-refractivity contribution in [3.8, 4) is 0 Å². The third-order valence-electron chi connectivity index (χ3n) is 5.40. The molecule has 0 saturated carbocycles. The van der Waals surface area contributed by atoms with Gasteiger partial charge < -0.3 is 10.2 Å². The summed E-state index contributed by atoms with van der Waals surface area (Å²) >= 11 is 0. The number of nitrogens with zero attached hydrogens (tertiary/aromatic N) is 1. The maximum absolute atomic E-state index is 12.5. The van der Waals surface area contributed by atoms with E-state index in [1.54, 1.807) is 4.90 Å². The standard InChI is InChI=1S/C23H28N2O2/c1-17-9-8-13-21(18(17)2)25-16-20(15-22(25)26)23(27)24-14-7-6-12-19-10-4-3-5-11-19/h3-5,8-11,13,20H,6-7,12,14-16H2,1-2H3,(H,24,27)/t20-/m0/s1. The van der Waals surface area contributed by atoms with Gasteiger partial charge in [0.25, 0.3) is 0 Å². The van der Waals surface area contributed by atoms with Crippen LogP contribution in [0.2, 0.25) is 0 Å². The van der Waals surface area contributed by atoms with Crippen molar-refractivity contribution >= 4 is 17.5 Å². The minimum absolute atomic E-state index is 0.00383. The number of hydrogen-bond acceptors (Lipinski definition) is 2. The van der Waals surface area contributed by atoms with E-state index in [-0.39, 0.29) is 17.7 Å². The fourth-order valence-electron chi connectivity index (χ4n) is 3.60. The van der Waals surface area contributed by atoms with Gasteiger partial charge in [-0.3, -0.25) is 9.59 Å². The molecule has 4 heteroatoms. The van der Waals surface area contributed by atoms with Gasteiger partial charge in [-0.15, -0.1) is 0 Å². The molecule has 0 unspecified atom stereocenters. The topological polar surface area (TPSA) is 49.4 Å².